The van der Waals surface area contributed by atoms with Crippen LogP contribution >= 0.6 is 0 Å². The second kappa shape index (κ2) is 6.54. The van der Waals surface area contributed by atoms with E-state index in [1.54, 1.807) is 43.4 Å². The van der Waals surface area contributed by atoms with E-state index in [-0.39, 0.29) is 12.2 Å². The average Bonchev–Trinajstić information content (AvgIpc) is 2.63. The van der Waals surface area contributed by atoms with E-state index in [0.29, 0.717) is 33.8 Å². The highest BCUT2D eigenvalue weighted by Crippen LogP contribution is 2.28. The molecule has 0 aliphatic rings. The van der Waals surface area contributed by atoms with E-state index in [0.717, 1.165) is 6.29 Å². The van der Waals surface area contributed by atoms with Gasteiger partial charge in [0.15, 0.2) is 11.5 Å². The zero-order chi connectivity index (χ0) is 17.1. The van der Waals surface area contributed by atoms with Crippen LogP contribution in [0.4, 0.5) is 0 Å². The minimum absolute atomic E-state index is 0.105. The highest BCUT2D eigenvalue weighted by molar-refractivity contribution is 5.77. The van der Waals surface area contributed by atoms with Gasteiger partial charge in [-0.2, -0.15) is 0 Å². The van der Waals surface area contributed by atoms with E-state index in [1.165, 1.54) is 11.7 Å². The lowest BCUT2D eigenvalue weighted by molar-refractivity contribution is 0.112. The molecule has 0 bridgehead atoms. The summed E-state index contributed by atoms with van der Waals surface area (Å²) in [6.45, 7) is 0.105. The molecule has 0 aliphatic heterocycles. The highest BCUT2D eigenvalue weighted by Gasteiger charge is 2.11. The van der Waals surface area contributed by atoms with Crippen LogP contribution in [0.25, 0.3) is 10.9 Å². The summed E-state index contributed by atoms with van der Waals surface area (Å²) < 4.78 is 12.4. The number of ether oxygens (including phenoxy) is 2. The smallest absolute Gasteiger partial charge is 0.261 e. The van der Waals surface area contributed by atoms with Crippen molar-refractivity contribution in [1.29, 1.82) is 0 Å². The van der Waals surface area contributed by atoms with E-state index in [1.807, 2.05) is 6.07 Å². The fraction of sp³-hybridized carbons (Fsp3) is 0.167. The van der Waals surface area contributed by atoms with Crippen molar-refractivity contribution in [3.05, 3.63) is 64.2 Å². The highest BCUT2D eigenvalue weighted by atomic mass is 16.5. The Hall–Kier alpha value is -3.15. The van der Waals surface area contributed by atoms with Crippen molar-refractivity contribution in [3.63, 3.8) is 0 Å². The third-order valence-electron chi connectivity index (χ3n) is 3.76. The Morgan fingerprint density at radius 1 is 1.17 bits per heavy atom. The number of nitrogens with zero attached hydrogens (tertiary/aromatic N) is 2. The summed E-state index contributed by atoms with van der Waals surface area (Å²) in [6, 6.07) is 12.1. The van der Waals surface area contributed by atoms with Crippen LogP contribution in [-0.4, -0.2) is 22.9 Å². The number of carbonyl (C=O) groups excluding carboxylic acids is 1. The molecule has 24 heavy (non-hydrogen) atoms. The van der Waals surface area contributed by atoms with Gasteiger partial charge in [-0.1, -0.05) is 12.1 Å². The van der Waals surface area contributed by atoms with Gasteiger partial charge in [0.1, 0.15) is 18.7 Å². The van der Waals surface area contributed by atoms with Crippen molar-refractivity contribution in [3.8, 4) is 11.5 Å². The maximum atomic E-state index is 12.4. The molecule has 122 valence electrons. The molecule has 0 saturated carbocycles. The number of hydrogen-bond acceptors (Lipinski definition) is 5. The fourth-order valence-corrected chi connectivity index (χ4v) is 2.41. The lowest BCUT2D eigenvalue weighted by Gasteiger charge is -2.13. The Balaban J connectivity index is 1.92. The Labute approximate surface area is 138 Å². The molecule has 0 atom stereocenters. The van der Waals surface area contributed by atoms with E-state index in [4.69, 9.17) is 9.47 Å². The number of benzene rings is 2. The average molecular weight is 324 g/mol. The number of carbonyl (C=O) groups is 1. The number of fused-ring (bicyclic) bond motifs is 1. The van der Waals surface area contributed by atoms with Gasteiger partial charge in [-0.15, -0.1) is 0 Å². The SMILES string of the molecule is COc1cc(C=O)ccc1OCc1nc2ccccc2c(=O)n1C. The van der Waals surface area contributed by atoms with Crippen LogP contribution in [0.5, 0.6) is 11.5 Å². The summed E-state index contributed by atoms with van der Waals surface area (Å²) in [5.74, 6) is 1.43. The van der Waals surface area contributed by atoms with Crippen LogP contribution in [0.2, 0.25) is 0 Å². The van der Waals surface area contributed by atoms with Gasteiger partial charge in [0.25, 0.3) is 5.56 Å². The molecule has 1 heterocycles. The maximum Gasteiger partial charge on any atom is 0.261 e. The van der Waals surface area contributed by atoms with Crippen LogP contribution in [0.1, 0.15) is 16.2 Å². The van der Waals surface area contributed by atoms with Crippen molar-refractivity contribution < 1.29 is 14.3 Å². The summed E-state index contributed by atoms with van der Waals surface area (Å²) in [6.07, 6.45) is 0.737. The Kier molecular flexibility index (Phi) is 4.29. The third kappa shape index (κ3) is 2.86. The minimum Gasteiger partial charge on any atom is -0.493 e. The van der Waals surface area contributed by atoms with Gasteiger partial charge in [-0.25, -0.2) is 4.98 Å². The third-order valence-corrected chi connectivity index (χ3v) is 3.76. The normalized spacial score (nSPS) is 10.6. The number of para-hydroxylation sites is 1. The molecular formula is C18H16N2O4. The molecule has 0 N–H and O–H groups in total. The Morgan fingerprint density at radius 2 is 1.96 bits per heavy atom. The van der Waals surface area contributed by atoms with Crippen molar-refractivity contribution in [1.82, 2.24) is 9.55 Å². The van der Waals surface area contributed by atoms with Gasteiger partial charge < -0.3 is 9.47 Å². The molecule has 0 spiro atoms. The summed E-state index contributed by atoms with van der Waals surface area (Å²) in [5, 5.41) is 0.566. The largest absolute Gasteiger partial charge is 0.493 e. The van der Waals surface area contributed by atoms with Crippen molar-refractivity contribution >= 4 is 17.2 Å². The predicted molar refractivity (Wildman–Crippen MR) is 89.7 cm³/mol. The summed E-state index contributed by atoms with van der Waals surface area (Å²) in [7, 11) is 3.16. The molecule has 0 radical (unpaired) electrons. The molecule has 0 saturated heterocycles. The first-order valence-corrected chi connectivity index (χ1v) is 7.34. The topological polar surface area (TPSA) is 70.4 Å². The standard InChI is InChI=1S/C18H16N2O4/c1-20-17(19-14-6-4-3-5-13(14)18(20)22)11-24-15-8-7-12(10-21)9-16(15)23-2/h3-10H,11H2,1-2H3. The lowest BCUT2D eigenvalue weighted by atomic mass is 10.2. The molecule has 2 aromatic carbocycles. The van der Waals surface area contributed by atoms with Crippen LogP contribution in [0.15, 0.2) is 47.3 Å². The number of methoxy groups -OCH3 is 1. The Bertz CT molecular complexity index is 963. The van der Waals surface area contributed by atoms with E-state index < -0.39 is 0 Å². The van der Waals surface area contributed by atoms with Gasteiger partial charge in [-0.05, 0) is 30.3 Å². The van der Waals surface area contributed by atoms with Crippen LogP contribution < -0.4 is 15.0 Å². The predicted octanol–water partition coefficient (Wildman–Crippen LogP) is 2.33. The second-order valence-corrected chi connectivity index (χ2v) is 5.23. The van der Waals surface area contributed by atoms with Gasteiger partial charge in [0.05, 0.1) is 18.0 Å². The summed E-state index contributed by atoms with van der Waals surface area (Å²) in [4.78, 5) is 27.7. The Morgan fingerprint density at radius 3 is 2.71 bits per heavy atom. The first kappa shape index (κ1) is 15.7. The first-order valence-electron chi connectivity index (χ1n) is 7.34. The number of aromatic nitrogens is 2. The molecule has 1 aromatic heterocycles. The molecule has 6 heteroatoms. The second-order valence-electron chi connectivity index (χ2n) is 5.23. The molecule has 3 rings (SSSR count). The van der Waals surface area contributed by atoms with Crippen LogP contribution in [-0.2, 0) is 13.7 Å². The van der Waals surface area contributed by atoms with Gasteiger partial charge in [0, 0.05) is 12.6 Å². The molecule has 3 aromatic rings. The zero-order valence-corrected chi connectivity index (χ0v) is 13.4. The molecule has 0 aliphatic carbocycles. The van der Waals surface area contributed by atoms with Gasteiger partial charge in [0.2, 0.25) is 0 Å². The number of aldehydes is 1. The van der Waals surface area contributed by atoms with E-state index in [2.05, 4.69) is 4.98 Å². The van der Waals surface area contributed by atoms with Gasteiger partial charge >= 0.3 is 0 Å². The fourth-order valence-electron chi connectivity index (χ4n) is 2.41. The molecule has 0 amide bonds. The molecule has 0 unspecified atom stereocenters. The van der Waals surface area contributed by atoms with E-state index in [9.17, 15) is 9.59 Å². The molecular weight excluding hydrogens is 308 g/mol. The summed E-state index contributed by atoms with van der Waals surface area (Å²) in [5.41, 5.74) is 1.00. The monoisotopic (exact) mass is 324 g/mol. The van der Waals surface area contributed by atoms with Crippen molar-refractivity contribution in [2.24, 2.45) is 7.05 Å². The molecule has 0 fully saturated rings. The number of rotatable bonds is 5. The number of hydrogen-bond donors (Lipinski definition) is 0. The van der Waals surface area contributed by atoms with E-state index >= 15 is 0 Å². The molecule has 6 nitrogen and oxygen atoms in total. The minimum atomic E-state index is -0.123. The summed E-state index contributed by atoms with van der Waals surface area (Å²) >= 11 is 0. The van der Waals surface area contributed by atoms with Crippen LogP contribution in [0.3, 0.4) is 0 Å². The van der Waals surface area contributed by atoms with Gasteiger partial charge in [-0.3, -0.25) is 14.2 Å². The van der Waals surface area contributed by atoms with Crippen molar-refractivity contribution in [2.45, 2.75) is 6.61 Å². The zero-order valence-electron chi connectivity index (χ0n) is 13.4. The lowest BCUT2D eigenvalue weighted by Crippen LogP contribution is -2.23. The van der Waals surface area contributed by atoms with Crippen LogP contribution in [0, 0.1) is 0 Å². The first-order chi connectivity index (χ1) is 11.6. The van der Waals surface area contributed by atoms with Crippen molar-refractivity contribution in [2.75, 3.05) is 7.11 Å². The maximum absolute atomic E-state index is 12.4. The quantitative estimate of drug-likeness (QED) is 0.674.